The van der Waals surface area contributed by atoms with Gasteiger partial charge in [-0.15, -0.1) is 0 Å². The molecular weight excluding hydrogens is 351 g/mol. The minimum absolute atomic E-state index is 0.119. The van der Waals surface area contributed by atoms with Gasteiger partial charge in [0.2, 0.25) is 5.43 Å². The van der Waals surface area contributed by atoms with Crippen LogP contribution in [0.5, 0.6) is 0 Å². The van der Waals surface area contributed by atoms with Crippen molar-refractivity contribution in [3.63, 3.8) is 0 Å². The van der Waals surface area contributed by atoms with Gasteiger partial charge in [-0.1, -0.05) is 6.07 Å². The van der Waals surface area contributed by atoms with Gasteiger partial charge in [0.15, 0.2) is 5.69 Å². The molecule has 1 aromatic heterocycles. The van der Waals surface area contributed by atoms with Gasteiger partial charge in [0.25, 0.3) is 5.91 Å². The van der Waals surface area contributed by atoms with Crippen LogP contribution in [0.4, 0.5) is 13.2 Å². The first-order valence-corrected chi connectivity index (χ1v) is 7.93. The number of ether oxygens (including phenoxy) is 1. The van der Waals surface area contributed by atoms with Gasteiger partial charge >= 0.3 is 6.18 Å². The molecule has 0 bridgehead atoms. The molecule has 1 saturated heterocycles. The van der Waals surface area contributed by atoms with Crippen LogP contribution in [0.3, 0.4) is 0 Å². The highest BCUT2D eigenvalue weighted by Crippen LogP contribution is 2.30. The molecule has 1 fully saturated rings. The maximum Gasteiger partial charge on any atom is 0.416 e. The lowest BCUT2D eigenvalue weighted by Crippen LogP contribution is -2.43. The van der Waals surface area contributed by atoms with Crippen molar-refractivity contribution in [2.45, 2.75) is 13.1 Å². The van der Waals surface area contributed by atoms with Crippen LogP contribution in [0.2, 0.25) is 0 Å². The number of rotatable bonds is 2. The lowest BCUT2D eigenvalue weighted by molar-refractivity contribution is -0.137. The van der Waals surface area contributed by atoms with Gasteiger partial charge in [0.05, 0.1) is 24.5 Å². The highest BCUT2D eigenvalue weighted by molar-refractivity contribution is 5.92. The van der Waals surface area contributed by atoms with E-state index in [0.29, 0.717) is 32.0 Å². The maximum atomic E-state index is 12.9. The number of alkyl halides is 3. The van der Waals surface area contributed by atoms with E-state index in [1.807, 2.05) is 0 Å². The Morgan fingerprint density at radius 2 is 1.88 bits per heavy atom. The van der Waals surface area contributed by atoms with Crippen molar-refractivity contribution in [1.29, 1.82) is 0 Å². The number of carbonyl (C=O) groups is 1. The van der Waals surface area contributed by atoms with Gasteiger partial charge in [0.1, 0.15) is 0 Å². The summed E-state index contributed by atoms with van der Waals surface area (Å²) in [5, 5.41) is 4.05. The Balaban J connectivity index is 2.04. The molecule has 138 valence electrons. The number of carbonyl (C=O) groups excluding carboxylic acids is 1. The molecule has 9 heteroatoms. The minimum Gasteiger partial charge on any atom is -0.378 e. The van der Waals surface area contributed by atoms with Crippen LogP contribution in [0.1, 0.15) is 21.7 Å². The number of halogens is 3. The van der Waals surface area contributed by atoms with E-state index in [1.54, 1.807) is 0 Å². The van der Waals surface area contributed by atoms with Crippen LogP contribution in [0, 0.1) is 6.92 Å². The Morgan fingerprint density at radius 3 is 2.54 bits per heavy atom. The fourth-order valence-corrected chi connectivity index (χ4v) is 2.69. The molecule has 0 spiro atoms. The van der Waals surface area contributed by atoms with Crippen LogP contribution in [-0.2, 0) is 10.9 Å². The second kappa shape index (κ2) is 6.91. The molecule has 1 aliphatic rings. The average Bonchev–Trinajstić information content (AvgIpc) is 2.61. The molecule has 2 heterocycles. The van der Waals surface area contributed by atoms with Gasteiger partial charge in [0, 0.05) is 24.8 Å². The summed E-state index contributed by atoms with van der Waals surface area (Å²) in [6.45, 7) is 2.92. The van der Waals surface area contributed by atoms with Crippen LogP contribution >= 0.6 is 0 Å². The number of aryl methyl sites for hydroxylation is 1. The van der Waals surface area contributed by atoms with Crippen LogP contribution in [0.25, 0.3) is 5.69 Å². The number of nitrogens with zero attached hydrogens (tertiary/aromatic N) is 3. The Morgan fingerprint density at radius 1 is 1.19 bits per heavy atom. The second-order valence-corrected chi connectivity index (χ2v) is 5.86. The molecule has 6 nitrogen and oxygen atoms in total. The Hall–Kier alpha value is -2.68. The summed E-state index contributed by atoms with van der Waals surface area (Å²) >= 11 is 0. The SMILES string of the molecule is Cc1cc(=O)c(C(=O)N2CCOCC2)nn1-c1cccc(C(F)(F)F)c1. The summed E-state index contributed by atoms with van der Waals surface area (Å²) in [7, 11) is 0. The minimum atomic E-state index is -4.50. The van der Waals surface area contributed by atoms with Crippen LogP contribution < -0.4 is 5.43 Å². The number of hydrogen-bond acceptors (Lipinski definition) is 4. The summed E-state index contributed by atoms with van der Waals surface area (Å²) < 4.78 is 45.2. The zero-order chi connectivity index (χ0) is 18.9. The zero-order valence-electron chi connectivity index (χ0n) is 13.9. The fraction of sp³-hybridized carbons (Fsp3) is 0.353. The van der Waals surface area contributed by atoms with Crippen LogP contribution in [0.15, 0.2) is 35.1 Å². The van der Waals surface area contributed by atoms with E-state index in [9.17, 15) is 22.8 Å². The maximum absolute atomic E-state index is 12.9. The predicted molar refractivity (Wildman–Crippen MR) is 86.3 cm³/mol. The molecular formula is C17H16F3N3O3. The van der Waals surface area contributed by atoms with E-state index in [-0.39, 0.29) is 11.4 Å². The molecule has 0 radical (unpaired) electrons. The highest BCUT2D eigenvalue weighted by Gasteiger charge is 2.31. The third-order valence-electron chi connectivity index (χ3n) is 4.03. The standard InChI is InChI=1S/C17H16F3N3O3/c1-11-9-14(24)15(16(25)22-5-7-26-8-6-22)21-23(11)13-4-2-3-12(10-13)17(18,19)20/h2-4,9-10H,5-8H2,1H3. The first-order valence-electron chi connectivity index (χ1n) is 7.93. The van der Waals surface area contributed by atoms with Gasteiger partial charge in [-0.2, -0.15) is 18.3 Å². The molecule has 0 atom stereocenters. The zero-order valence-corrected chi connectivity index (χ0v) is 13.9. The molecule has 1 aliphatic heterocycles. The Kier molecular flexibility index (Phi) is 4.82. The van der Waals surface area contributed by atoms with Crippen LogP contribution in [-0.4, -0.2) is 46.9 Å². The second-order valence-electron chi connectivity index (χ2n) is 5.86. The molecule has 0 N–H and O–H groups in total. The fourth-order valence-electron chi connectivity index (χ4n) is 2.69. The summed E-state index contributed by atoms with van der Waals surface area (Å²) in [4.78, 5) is 26.2. The average molecular weight is 367 g/mol. The van der Waals surface area contributed by atoms with Crippen molar-refractivity contribution < 1.29 is 22.7 Å². The molecule has 1 aromatic carbocycles. The lowest BCUT2D eigenvalue weighted by atomic mass is 10.2. The first-order chi connectivity index (χ1) is 12.3. The Bertz CT molecular complexity index is 887. The van der Waals surface area contributed by atoms with E-state index < -0.39 is 23.1 Å². The van der Waals surface area contributed by atoms with Crippen molar-refractivity contribution in [3.05, 3.63) is 57.5 Å². The monoisotopic (exact) mass is 367 g/mol. The normalized spacial score (nSPS) is 15.2. The summed E-state index contributed by atoms with van der Waals surface area (Å²) in [5.74, 6) is -0.556. The van der Waals surface area contributed by atoms with E-state index in [2.05, 4.69) is 5.10 Å². The topological polar surface area (TPSA) is 64.4 Å². The third-order valence-corrected chi connectivity index (χ3v) is 4.03. The number of benzene rings is 1. The van der Waals surface area contributed by atoms with Gasteiger partial charge in [-0.25, -0.2) is 4.68 Å². The smallest absolute Gasteiger partial charge is 0.378 e. The van der Waals surface area contributed by atoms with E-state index in [0.717, 1.165) is 12.1 Å². The molecule has 0 saturated carbocycles. The van der Waals surface area contributed by atoms with Gasteiger partial charge in [-0.05, 0) is 25.1 Å². The largest absolute Gasteiger partial charge is 0.416 e. The quantitative estimate of drug-likeness (QED) is 0.815. The number of amides is 1. The van der Waals surface area contributed by atoms with E-state index >= 15 is 0 Å². The molecule has 0 aliphatic carbocycles. The predicted octanol–water partition coefficient (Wildman–Crippen LogP) is 2.03. The van der Waals surface area contributed by atoms with Crippen molar-refractivity contribution >= 4 is 5.91 Å². The molecule has 26 heavy (non-hydrogen) atoms. The van der Waals surface area contributed by atoms with E-state index in [4.69, 9.17) is 4.74 Å². The van der Waals surface area contributed by atoms with Gasteiger partial charge in [-0.3, -0.25) is 9.59 Å². The summed E-state index contributed by atoms with van der Waals surface area (Å²) in [6.07, 6.45) is -4.50. The van der Waals surface area contributed by atoms with Crippen molar-refractivity contribution in [2.75, 3.05) is 26.3 Å². The highest BCUT2D eigenvalue weighted by atomic mass is 19.4. The lowest BCUT2D eigenvalue weighted by Gasteiger charge is -2.26. The van der Waals surface area contributed by atoms with Gasteiger partial charge < -0.3 is 9.64 Å². The first kappa shape index (κ1) is 18.1. The summed E-state index contributed by atoms with van der Waals surface area (Å²) in [5.41, 5.74) is -1.28. The van der Waals surface area contributed by atoms with Crippen molar-refractivity contribution in [1.82, 2.24) is 14.7 Å². The third kappa shape index (κ3) is 3.62. The molecule has 0 unspecified atom stereocenters. The number of morpholine rings is 1. The number of aromatic nitrogens is 2. The molecule has 3 rings (SSSR count). The number of hydrogen-bond donors (Lipinski definition) is 0. The molecule has 1 amide bonds. The molecule has 2 aromatic rings. The van der Waals surface area contributed by atoms with Crippen molar-refractivity contribution in [3.8, 4) is 5.69 Å². The van der Waals surface area contributed by atoms with E-state index in [1.165, 1.54) is 34.7 Å². The summed E-state index contributed by atoms with van der Waals surface area (Å²) in [6, 6.07) is 5.75. The van der Waals surface area contributed by atoms with Crippen molar-refractivity contribution in [2.24, 2.45) is 0 Å². The Labute approximate surface area is 146 Å².